The van der Waals surface area contributed by atoms with Crippen molar-refractivity contribution in [2.45, 2.75) is 38.5 Å². The highest BCUT2D eigenvalue weighted by Gasteiger charge is 2.28. The molecule has 1 atom stereocenters. The molecule has 0 amide bonds. The molecule has 0 aliphatic carbocycles. The van der Waals surface area contributed by atoms with Crippen LogP contribution in [0.15, 0.2) is 0 Å². The summed E-state index contributed by atoms with van der Waals surface area (Å²) in [5.74, 6) is 0. The minimum absolute atomic E-state index is 0.346. The van der Waals surface area contributed by atoms with Crippen LogP contribution in [0.1, 0.15) is 33.1 Å². The Labute approximate surface area is 91.8 Å². The second-order valence-electron chi connectivity index (χ2n) is 4.56. The van der Waals surface area contributed by atoms with Gasteiger partial charge in [0.1, 0.15) is 5.38 Å². The van der Waals surface area contributed by atoms with Crippen LogP contribution >= 0.6 is 11.6 Å². The summed E-state index contributed by atoms with van der Waals surface area (Å²) in [7, 11) is 0. The molecule has 0 spiro atoms. The van der Waals surface area contributed by atoms with Gasteiger partial charge in [-0.2, -0.15) is 5.26 Å². The van der Waals surface area contributed by atoms with Crippen molar-refractivity contribution in [1.29, 1.82) is 5.26 Å². The lowest BCUT2D eigenvalue weighted by atomic mass is 9.78. The van der Waals surface area contributed by atoms with Crippen LogP contribution in [-0.2, 0) is 0 Å². The van der Waals surface area contributed by atoms with E-state index < -0.39 is 0 Å². The minimum atomic E-state index is -0.346. The van der Waals surface area contributed by atoms with Gasteiger partial charge < -0.3 is 4.90 Å². The summed E-state index contributed by atoms with van der Waals surface area (Å²) >= 11 is 5.80. The van der Waals surface area contributed by atoms with Crippen LogP contribution in [-0.4, -0.2) is 29.9 Å². The van der Waals surface area contributed by atoms with Crippen molar-refractivity contribution in [1.82, 2.24) is 4.90 Å². The maximum absolute atomic E-state index is 8.61. The molecular weight excluding hydrogens is 196 g/mol. The molecule has 1 aliphatic heterocycles. The Morgan fingerprint density at radius 3 is 2.50 bits per heavy atom. The second-order valence-corrected chi connectivity index (χ2v) is 5.09. The Kier molecular flexibility index (Phi) is 4.22. The molecule has 0 aromatic carbocycles. The van der Waals surface area contributed by atoms with E-state index in [4.69, 9.17) is 16.9 Å². The number of likely N-dealkylation sites (tertiary alicyclic amines) is 1. The zero-order chi connectivity index (χ0) is 10.6. The van der Waals surface area contributed by atoms with Gasteiger partial charge in [0.25, 0.3) is 0 Å². The molecule has 1 heterocycles. The number of rotatable bonds is 3. The second kappa shape index (κ2) is 5.00. The molecule has 2 nitrogen and oxygen atoms in total. The van der Waals surface area contributed by atoms with Gasteiger partial charge in [-0.3, -0.25) is 0 Å². The predicted octanol–water partition coefficient (Wildman–Crippen LogP) is 2.63. The zero-order valence-corrected chi connectivity index (χ0v) is 9.85. The highest BCUT2D eigenvalue weighted by atomic mass is 35.5. The van der Waals surface area contributed by atoms with Gasteiger partial charge in [-0.25, -0.2) is 0 Å². The molecule has 14 heavy (non-hydrogen) atoms. The van der Waals surface area contributed by atoms with E-state index in [9.17, 15) is 0 Å². The fraction of sp³-hybridized carbons (Fsp3) is 0.909. The molecule has 0 aromatic rings. The van der Waals surface area contributed by atoms with E-state index in [0.717, 1.165) is 19.6 Å². The van der Waals surface area contributed by atoms with Crippen LogP contribution in [0, 0.1) is 16.7 Å². The largest absolute Gasteiger partial charge is 0.301 e. The molecule has 0 aromatic heterocycles. The van der Waals surface area contributed by atoms with Gasteiger partial charge >= 0.3 is 0 Å². The maximum Gasteiger partial charge on any atom is 0.133 e. The van der Waals surface area contributed by atoms with Crippen molar-refractivity contribution in [2.24, 2.45) is 5.41 Å². The van der Waals surface area contributed by atoms with Crippen LogP contribution in [0.2, 0.25) is 0 Å². The molecule has 1 unspecified atom stereocenters. The third-order valence-corrected chi connectivity index (χ3v) is 3.71. The van der Waals surface area contributed by atoms with Gasteiger partial charge in [-0.05, 0) is 31.3 Å². The average Bonchev–Trinajstić information content (AvgIpc) is 2.21. The number of piperidine rings is 1. The molecule has 0 radical (unpaired) electrons. The van der Waals surface area contributed by atoms with Gasteiger partial charge in [-0.1, -0.05) is 20.3 Å². The minimum Gasteiger partial charge on any atom is -0.301 e. The van der Waals surface area contributed by atoms with Gasteiger partial charge in [-0.15, -0.1) is 11.6 Å². The van der Waals surface area contributed by atoms with E-state index in [1.807, 2.05) is 0 Å². The third-order valence-electron chi connectivity index (χ3n) is 3.48. The third kappa shape index (κ3) is 3.15. The molecular formula is C11H19ClN2. The molecule has 0 bridgehead atoms. The molecule has 3 heteroatoms. The quantitative estimate of drug-likeness (QED) is 0.676. The van der Waals surface area contributed by atoms with Crippen molar-refractivity contribution in [3.8, 4) is 6.07 Å². The smallest absolute Gasteiger partial charge is 0.133 e. The number of hydrogen-bond acceptors (Lipinski definition) is 2. The van der Waals surface area contributed by atoms with Gasteiger partial charge in [0.15, 0.2) is 0 Å². The Hall–Kier alpha value is -0.260. The van der Waals surface area contributed by atoms with Crippen LogP contribution in [0.4, 0.5) is 0 Å². The summed E-state index contributed by atoms with van der Waals surface area (Å²) in [4.78, 5) is 2.30. The van der Waals surface area contributed by atoms with Crippen molar-refractivity contribution in [2.75, 3.05) is 19.6 Å². The van der Waals surface area contributed by atoms with Crippen molar-refractivity contribution >= 4 is 11.6 Å². The van der Waals surface area contributed by atoms with Crippen LogP contribution in [0.5, 0.6) is 0 Å². The summed E-state index contributed by atoms with van der Waals surface area (Å²) in [6.45, 7) is 7.52. The van der Waals surface area contributed by atoms with E-state index in [-0.39, 0.29) is 5.38 Å². The predicted molar refractivity (Wildman–Crippen MR) is 59.3 cm³/mol. The lowest BCUT2D eigenvalue weighted by Crippen LogP contribution is -2.40. The summed E-state index contributed by atoms with van der Waals surface area (Å²) in [5.41, 5.74) is 0.519. The van der Waals surface area contributed by atoms with E-state index in [1.54, 1.807) is 0 Å². The summed E-state index contributed by atoms with van der Waals surface area (Å²) in [5, 5.41) is 8.26. The molecule has 80 valence electrons. The first-order chi connectivity index (χ1) is 6.59. The van der Waals surface area contributed by atoms with Gasteiger partial charge in [0.2, 0.25) is 0 Å². The lowest BCUT2D eigenvalue weighted by Gasteiger charge is -2.39. The van der Waals surface area contributed by atoms with Crippen LogP contribution in [0.25, 0.3) is 0 Å². The normalized spacial score (nSPS) is 24.1. The van der Waals surface area contributed by atoms with Crippen molar-refractivity contribution in [3.63, 3.8) is 0 Å². The Morgan fingerprint density at radius 1 is 1.50 bits per heavy atom. The molecule has 0 saturated carbocycles. The first kappa shape index (κ1) is 11.8. The van der Waals surface area contributed by atoms with E-state index in [0.29, 0.717) is 5.41 Å². The van der Waals surface area contributed by atoms with Crippen molar-refractivity contribution < 1.29 is 0 Å². The molecule has 1 rings (SSSR count). The van der Waals surface area contributed by atoms with E-state index >= 15 is 0 Å². The van der Waals surface area contributed by atoms with Crippen LogP contribution < -0.4 is 0 Å². The summed E-state index contributed by atoms with van der Waals surface area (Å²) in [6, 6.07) is 2.07. The summed E-state index contributed by atoms with van der Waals surface area (Å²) < 4.78 is 0. The SMILES string of the molecule is CCC1(C)CCN(CC(Cl)C#N)CC1. The number of nitriles is 1. The molecule has 1 aliphatic rings. The van der Waals surface area contributed by atoms with Crippen LogP contribution in [0.3, 0.4) is 0 Å². The average molecular weight is 215 g/mol. The monoisotopic (exact) mass is 214 g/mol. The van der Waals surface area contributed by atoms with E-state index in [1.165, 1.54) is 19.3 Å². The highest BCUT2D eigenvalue weighted by Crippen LogP contribution is 2.33. The summed E-state index contributed by atoms with van der Waals surface area (Å²) in [6.07, 6.45) is 3.72. The topological polar surface area (TPSA) is 27.0 Å². The Morgan fingerprint density at radius 2 is 2.07 bits per heavy atom. The number of alkyl halides is 1. The Bertz CT molecular complexity index is 214. The van der Waals surface area contributed by atoms with Gasteiger partial charge in [0.05, 0.1) is 6.07 Å². The Balaban J connectivity index is 2.33. The fourth-order valence-corrected chi connectivity index (χ4v) is 2.09. The molecule has 1 saturated heterocycles. The first-order valence-electron chi connectivity index (χ1n) is 5.36. The van der Waals surface area contributed by atoms with Crippen molar-refractivity contribution in [3.05, 3.63) is 0 Å². The number of hydrogen-bond donors (Lipinski definition) is 0. The molecule has 0 N–H and O–H groups in total. The number of halogens is 1. The fourth-order valence-electron chi connectivity index (χ4n) is 1.90. The highest BCUT2D eigenvalue weighted by molar-refractivity contribution is 6.22. The standard InChI is InChI=1S/C11H19ClN2/c1-3-11(2)4-6-14(7-5-11)9-10(12)8-13/h10H,3-7,9H2,1-2H3. The molecule has 1 fully saturated rings. The maximum atomic E-state index is 8.61. The van der Waals surface area contributed by atoms with E-state index in [2.05, 4.69) is 24.8 Å². The zero-order valence-electron chi connectivity index (χ0n) is 9.09. The number of nitrogens with zero attached hydrogens (tertiary/aromatic N) is 2. The lowest BCUT2D eigenvalue weighted by molar-refractivity contribution is 0.117. The first-order valence-corrected chi connectivity index (χ1v) is 5.79. The van der Waals surface area contributed by atoms with Gasteiger partial charge in [0, 0.05) is 6.54 Å².